The molecular formula is C29H34FN3O3. The molecule has 1 saturated heterocycles. The SMILES string of the molecule is CCOc1ccc(F)c(N2CCC(Oc3ccc(N4CC(/C=C/COC)=CC4CC#N)cc3)CC2)c1. The van der Waals surface area contributed by atoms with Crippen molar-refractivity contribution in [1.82, 2.24) is 0 Å². The summed E-state index contributed by atoms with van der Waals surface area (Å²) >= 11 is 0. The van der Waals surface area contributed by atoms with Gasteiger partial charge < -0.3 is 24.0 Å². The molecule has 4 rings (SSSR count). The van der Waals surface area contributed by atoms with Gasteiger partial charge in [0.15, 0.2) is 0 Å². The highest BCUT2D eigenvalue weighted by atomic mass is 19.1. The number of methoxy groups -OCH3 is 1. The van der Waals surface area contributed by atoms with Crippen molar-refractivity contribution in [2.45, 2.75) is 38.3 Å². The Balaban J connectivity index is 1.33. The third-order valence-corrected chi connectivity index (χ3v) is 6.54. The summed E-state index contributed by atoms with van der Waals surface area (Å²) in [5, 5.41) is 9.27. The van der Waals surface area contributed by atoms with Crippen molar-refractivity contribution in [1.29, 1.82) is 5.26 Å². The average Bonchev–Trinajstić information content (AvgIpc) is 3.29. The predicted molar refractivity (Wildman–Crippen MR) is 140 cm³/mol. The molecule has 0 amide bonds. The summed E-state index contributed by atoms with van der Waals surface area (Å²) in [5.41, 5.74) is 2.84. The van der Waals surface area contributed by atoms with Crippen LogP contribution in [0.3, 0.4) is 0 Å². The molecule has 2 aromatic carbocycles. The minimum Gasteiger partial charge on any atom is -0.494 e. The summed E-state index contributed by atoms with van der Waals surface area (Å²) in [5.74, 6) is 1.29. The van der Waals surface area contributed by atoms with Gasteiger partial charge in [0.25, 0.3) is 0 Å². The van der Waals surface area contributed by atoms with Crippen LogP contribution in [0.15, 0.2) is 66.3 Å². The highest BCUT2D eigenvalue weighted by Gasteiger charge is 2.25. The number of rotatable bonds is 10. The number of anilines is 2. The molecule has 190 valence electrons. The Labute approximate surface area is 213 Å². The Hall–Kier alpha value is -3.50. The zero-order chi connectivity index (χ0) is 25.3. The van der Waals surface area contributed by atoms with Crippen LogP contribution in [0.4, 0.5) is 15.8 Å². The van der Waals surface area contributed by atoms with Crippen molar-refractivity contribution in [3.63, 3.8) is 0 Å². The lowest BCUT2D eigenvalue weighted by atomic mass is 10.1. The molecule has 1 atom stereocenters. The second-order valence-electron chi connectivity index (χ2n) is 9.00. The summed E-state index contributed by atoms with van der Waals surface area (Å²) < 4.78 is 31.3. The average molecular weight is 492 g/mol. The van der Waals surface area contributed by atoms with Gasteiger partial charge in [0.2, 0.25) is 0 Å². The summed E-state index contributed by atoms with van der Waals surface area (Å²) in [7, 11) is 1.67. The zero-order valence-corrected chi connectivity index (χ0v) is 21.0. The van der Waals surface area contributed by atoms with Gasteiger partial charge in [0, 0.05) is 51.3 Å². The van der Waals surface area contributed by atoms with Gasteiger partial charge in [-0.3, -0.25) is 0 Å². The van der Waals surface area contributed by atoms with Gasteiger partial charge in [-0.25, -0.2) is 4.39 Å². The summed E-state index contributed by atoms with van der Waals surface area (Å²) in [6.07, 6.45) is 8.37. The third kappa shape index (κ3) is 6.38. The molecule has 0 saturated carbocycles. The lowest BCUT2D eigenvalue weighted by Gasteiger charge is -2.34. The van der Waals surface area contributed by atoms with Crippen LogP contribution in [-0.2, 0) is 4.74 Å². The minimum absolute atomic E-state index is 0.0508. The van der Waals surface area contributed by atoms with Crippen LogP contribution in [0.1, 0.15) is 26.2 Å². The van der Waals surface area contributed by atoms with Gasteiger partial charge in [-0.15, -0.1) is 0 Å². The smallest absolute Gasteiger partial charge is 0.146 e. The first-order chi connectivity index (χ1) is 17.6. The molecule has 2 aliphatic rings. The first-order valence-electron chi connectivity index (χ1n) is 12.5. The van der Waals surface area contributed by atoms with E-state index in [1.807, 2.05) is 25.1 Å². The lowest BCUT2D eigenvalue weighted by Crippen LogP contribution is -2.38. The second kappa shape index (κ2) is 12.5. The Morgan fingerprint density at radius 2 is 1.86 bits per heavy atom. The molecule has 0 aromatic heterocycles. The zero-order valence-electron chi connectivity index (χ0n) is 21.0. The largest absolute Gasteiger partial charge is 0.494 e. The Morgan fingerprint density at radius 3 is 2.56 bits per heavy atom. The highest BCUT2D eigenvalue weighted by molar-refractivity contribution is 5.56. The van der Waals surface area contributed by atoms with Gasteiger partial charge in [-0.2, -0.15) is 5.26 Å². The predicted octanol–water partition coefficient (Wildman–Crippen LogP) is 5.50. The molecule has 0 spiro atoms. The molecule has 0 aliphatic carbocycles. The molecule has 1 unspecified atom stereocenters. The van der Waals surface area contributed by atoms with Crippen molar-refractivity contribution in [2.24, 2.45) is 0 Å². The highest BCUT2D eigenvalue weighted by Crippen LogP contribution is 2.31. The maximum absolute atomic E-state index is 14.4. The molecule has 6 nitrogen and oxygen atoms in total. The van der Waals surface area contributed by atoms with E-state index >= 15 is 0 Å². The van der Waals surface area contributed by atoms with Crippen molar-refractivity contribution in [2.75, 3.05) is 49.8 Å². The van der Waals surface area contributed by atoms with Gasteiger partial charge >= 0.3 is 0 Å². The van der Waals surface area contributed by atoms with Gasteiger partial charge in [0.05, 0.1) is 37.4 Å². The van der Waals surface area contributed by atoms with Crippen LogP contribution in [0.25, 0.3) is 0 Å². The van der Waals surface area contributed by atoms with Crippen LogP contribution < -0.4 is 19.3 Å². The third-order valence-electron chi connectivity index (χ3n) is 6.54. The van der Waals surface area contributed by atoms with Crippen molar-refractivity contribution < 1.29 is 18.6 Å². The Bertz CT molecular complexity index is 1100. The molecule has 2 heterocycles. The van der Waals surface area contributed by atoms with Crippen molar-refractivity contribution >= 4 is 11.4 Å². The quantitative estimate of drug-likeness (QED) is 0.437. The van der Waals surface area contributed by atoms with E-state index in [4.69, 9.17) is 14.2 Å². The number of nitrogens with zero attached hydrogens (tertiary/aromatic N) is 3. The van der Waals surface area contributed by atoms with E-state index in [9.17, 15) is 9.65 Å². The first kappa shape index (κ1) is 25.6. The van der Waals surface area contributed by atoms with Crippen molar-refractivity contribution in [3.8, 4) is 17.6 Å². The molecule has 1 fully saturated rings. The van der Waals surface area contributed by atoms with Gasteiger partial charge in [0.1, 0.15) is 23.4 Å². The van der Waals surface area contributed by atoms with Crippen LogP contribution in [-0.4, -0.2) is 52.1 Å². The van der Waals surface area contributed by atoms with Crippen LogP contribution >= 0.6 is 0 Å². The van der Waals surface area contributed by atoms with E-state index in [-0.39, 0.29) is 18.0 Å². The van der Waals surface area contributed by atoms with E-state index in [1.54, 1.807) is 19.2 Å². The second-order valence-corrected chi connectivity index (χ2v) is 9.00. The van der Waals surface area contributed by atoms with Crippen molar-refractivity contribution in [3.05, 3.63) is 72.1 Å². The molecule has 0 radical (unpaired) electrons. The van der Waals surface area contributed by atoms with E-state index < -0.39 is 0 Å². The number of hydrogen-bond donors (Lipinski definition) is 0. The van der Waals surface area contributed by atoms with Crippen LogP contribution in [0.5, 0.6) is 11.5 Å². The molecule has 7 heteroatoms. The molecule has 2 aromatic rings. The molecule has 0 bridgehead atoms. The van der Waals surface area contributed by atoms with Crippen LogP contribution in [0, 0.1) is 17.1 Å². The first-order valence-corrected chi connectivity index (χ1v) is 12.5. The number of ether oxygens (including phenoxy) is 3. The van der Waals surface area contributed by atoms with Crippen LogP contribution in [0.2, 0.25) is 0 Å². The van der Waals surface area contributed by atoms with E-state index in [0.29, 0.717) is 31.1 Å². The number of halogens is 1. The molecule has 2 aliphatic heterocycles. The number of benzene rings is 2. The molecular weight excluding hydrogens is 457 g/mol. The minimum atomic E-state index is -0.225. The fourth-order valence-corrected chi connectivity index (χ4v) is 4.77. The van der Waals surface area contributed by atoms with Gasteiger partial charge in [-0.1, -0.05) is 18.2 Å². The Morgan fingerprint density at radius 1 is 1.11 bits per heavy atom. The topological polar surface area (TPSA) is 58.0 Å². The standard InChI is InChI=1S/C29H34FN3O3/c1-3-35-27-10-11-28(30)29(20-27)32-16-13-26(14-17-32)36-25-8-6-23(7-9-25)33-21-22(5-4-18-34-2)19-24(33)12-15-31/h4-11,19-20,24,26H,3,12-14,16-18,21H2,1-2H3/b5-4+. The lowest BCUT2D eigenvalue weighted by molar-refractivity contribution is 0.170. The summed E-state index contributed by atoms with van der Waals surface area (Å²) in [6.45, 7) is 5.25. The number of nitriles is 1. The van der Waals surface area contributed by atoms with Gasteiger partial charge in [-0.05, 0) is 48.9 Å². The monoisotopic (exact) mass is 491 g/mol. The van der Waals surface area contributed by atoms with E-state index in [2.05, 4.69) is 40.2 Å². The number of hydrogen-bond acceptors (Lipinski definition) is 6. The summed E-state index contributed by atoms with van der Waals surface area (Å²) in [4.78, 5) is 4.30. The molecule has 0 N–H and O–H groups in total. The van der Waals surface area contributed by atoms with E-state index in [0.717, 1.165) is 43.9 Å². The molecule has 36 heavy (non-hydrogen) atoms. The maximum atomic E-state index is 14.4. The fourth-order valence-electron chi connectivity index (χ4n) is 4.77. The number of piperidine rings is 1. The maximum Gasteiger partial charge on any atom is 0.146 e. The van der Waals surface area contributed by atoms with E-state index in [1.165, 1.54) is 11.6 Å². The normalized spacial score (nSPS) is 18.4. The fraction of sp³-hybridized carbons (Fsp3) is 0.414. The Kier molecular flexibility index (Phi) is 8.85. The summed E-state index contributed by atoms with van der Waals surface area (Å²) in [6, 6.07) is 15.4.